The van der Waals surface area contributed by atoms with E-state index in [-0.39, 0.29) is 17.3 Å². The van der Waals surface area contributed by atoms with Crippen LogP contribution in [-0.2, 0) is 6.18 Å². The number of aliphatic hydroxyl groups is 1. The first-order chi connectivity index (χ1) is 9.36. The number of anilines is 1. The van der Waals surface area contributed by atoms with Crippen LogP contribution in [0.5, 0.6) is 0 Å². The van der Waals surface area contributed by atoms with Gasteiger partial charge in [-0.2, -0.15) is 13.2 Å². The molecule has 0 fully saturated rings. The summed E-state index contributed by atoms with van der Waals surface area (Å²) in [5, 5.41) is 12.4. The zero-order valence-corrected chi connectivity index (χ0v) is 10.9. The third kappa shape index (κ3) is 3.68. The molecule has 0 radical (unpaired) electrons. The fraction of sp³-hybridized carbons (Fsp3) is 0.231. The van der Waals surface area contributed by atoms with Gasteiger partial charge in [0, 0.05) is 17.3 Å². The Morgan fingerprint density at radius 3 is 2.65 bits per heavy atom. The Labute approximate surface area is 118 Å². The van der Waals surface area contributed by atoms with Crippen LogP contribution in [0, 0.1) is 0 Å². The van der Waals surface area contributed by atoms with Crippen LogP contribution in [0.2, 0.25) is 5.02 Å². The molecule has 1 aromatic carbocycles. The third-order valence-electron chi connectivity index (χ3n) is 2.60. The predicted octanol–water partition coefficient (Wildman–Crippen LogP) is 4.10. The Hall–Kier alpha value is -1.66. The second kappa shape index (κ2) is 5.76. The fourth-order valence-corrected chi connectivity index (χ4v) is 1.89. The molecule has 2 rings (SSSR count). The molecule has 0 bridgehead atoms. The van der Waals surface area contributed by atoms with Crippen molar-refractivity contribution in [1.29, 1.82) is 0 Å². The fourth-order valence-electron chi connectivity index (χ4n) is 1.65. The summed E-state index contributed by atoms with van der Waals surface area (Å²) in [5.74, 6) is 0.329. The number of rotatable bonds is 4. The summed E-state index contributed by atoms with van der Waals surface area (Å²) < 4.78 is 42.8. The molecule has 0 spiro atoms. The van der Waals surface area contributed by atoms with Crippen LogP contribution >= 0.6 is 11.6 Å². The van der Waals surface area contributed by atoms with Crippen LogP contribution in [0.4, 0.5) is 18.9 Å². The van der Waals surface area contributed by atoms with E-state index in [0.717, 1.165) is 12.1 Å². The number of aliphatic hydroxyl groups excluding tert-OH is 1. The molecular formula is C13H11ClF3NO2. The maximum atomic E-state index is 12.6. The number of hydrogen-bond donors (Lipinski definition) is 2. The first-order valence-corrected chi connectivity index (χ1v) is 6.07. The van der Waals surface area contributed by atoms with Gasteiger partial charge in [0.2, 0.25) is 0 Å². The van der Waals surface area contributed by atoms with Crippen molar-refractivity contribution < 1.29 is 22.7 Å². The normalized spacial score (nSPS) is 13.2. The molecule has 0 aliphatic heterocycles. The molecule has 0 aliphatic rings. The standard InChI is InChI=1S/C13H11ClF3NO2/c14-9-4-8(13(15,16)17)5-10(6-9)18-7-11(19)12-2-1-3-20-12/h1-6,11,18-19H,7H2. The molecule has 0 saturated carbocycles. The maximum absolute atomic E-state index is 12.6. The molecule has 3 nitrogen and oxygen atoms in total. The van der Waals surface area contributed by atoms with Crippen molar-refractivity contribution >= 4 is 17.3 Å². The number of hydrogen-bond acceptors (Lipinski definition) is 3. The van der Waals surface area contributed by atoms with Crippen LogP contribution < -0.4 is 5.32 Å². The van der Waals surface area contributed by atoms with Gasteiger partial charge in [0.1, 0.15) is 11.9 Å². The summed E-state index contributed by atoms with van der Waals surface area (Å²) in [7, 11) is 0. The van der Waals surface area contributed by atoms with Crippen molar-refractivity contribution in [3.63, 3.8) is 0 Å². The van der Waals surface area contributed by atoms with Crippen molar-refractivity contribution in [3.8, 4) is 0 Å². The molecule has 2 N–H and O–H groups in total. The highest BCUT2D eigenvalue weighted by atomic mass is 35.5. The highest BCUT2D eigenvalue weighted by Gasteiger charge is 2.31. The Bertz CT molecular complexity index is 569. The third-order valence-corrected chi connectivity index (χ3v) is 2.81. The molecule has 1 unspecified atom stereocenters. The SMILES string of the molecule is OC(CNc1cc(Cl)cc(C(F)(F)F)c1)c1ccco1. The zero-order valence-electron chi connectivity index (χ0n) is 10.1. The van der Waals surface area contributed by atoms with Gasteiger partial charge >= 0.3 is 6.18 Å². The lowest BCUT2D eigenvalue weighted by Gasteiger charge is -2.13. The van der Waals surface area contributed by atoms with Crippen molar-refractivity contribution in [1.82, 2.24) is 0 Å². The van der Waals surface area contributed by atoms with Gasteiger partial charge in [-0.3, -0.25) is 0 Å². The lowest BCUT2D eigenvalue weighted by atomic mass is 10.2. The summed E-state index contributed by atoms with van der Waals surface area (Å²) in [6, 6.07) is 6.31. The van der Waals surface area contributed by atoms with E-state index in [1.165, 1.54) is 12.3 Å². The molecule has 2 aromatic rings. The van der Waals surface area contributed by atoms with Crippen molar-refractivity contribution in [2.24, 2.45) is 0 Å². The Morgan fingerprint density at radius 2 is 2.05 bits per heavy atom. The van der Waals surface area contributed by atoms with Crippen LogP contribution in [0.3, 0.4) is 0 Å². The van der Waals surface area contributed by atoms with Gasteiger partial charge in [-0.15, -0.1) is 0 Å². The first kappa shape index (κ1) is 14.7. The lowest BCUT2D eigenvalue weighted by molar-refractivity contribution is -0.137. The lowest BCUT2D eigenvalue weighted by Crippen LogP contribution is -2.12. The van der Waals surface area contributed by atoms with Crippen LogP contribution in [0.15, 0.2) is 41.0 Å². The Balaban J connectivity index is 2.08. The van der Waals surface area contributed by atoms with Gasteiger partial charge in [0.15, 0.2) is 0 Å². The van der Waals surface area contributed by atoms with E-state index in [1.807, 2.05) is 0 Å². The topological polar surface area (TPSA) is 45.4 Å². The number of alkyl halides is 3. The van der Waals surface area contributed by atoms with Gasteiger partial charge in [-0.05, 0) is 30.3 Å². The molecule has 1 aromatic heterocycles. The minimum absolute atomic E-state index is 0.00511. The summed E-state index contributed by atoms with van der Waals surface area (Å²) in [5.41, 5.74) is -0.671. The van der Waals surface area contributed by atoms with Crippen LogP contribution in [0.25, 0.3) is 0 Å². The second-order valence-electron chi connectivity index (χ2n) is 4.14. The second-order valence-corrected chi connectivity index (χ2v) is 4.57. The van der Waals surface area contributed by atoms with Crippen LogP contribution in [-0.4, -0.2) is 11.7 Å². The van der Waals surface area contributed by atoms with E-state index < -0.39 is 17.8 Å². The smallest absolute Gasteiger partial charge is 0.416 e. The van der Waals surface area contributed by atoms with Crippen molar-refractivity contribution in [3.05, 3.63) is 52.9 Å². The minimum atomic E-state index is -4.47. The summed E-state index contributed by atoms with van der Waals surface area (Å²) in [6.07, 6.45) is -4.03. The quantitative estimate of drug-likeness (QED) is 0.894. The monoisotopic (exact) mass is 305 g/mol. The molecule has 7 heteroatoms. The Kier molecular flexibility index (Phi) is 4.25. The van der Waals surface area contributed by atoms with Gasteiger partial charge < -0.3 is 14.8 Å². The molecule has 108 valence electrons. The van der Waals surface area contributed by atoms with Gasteiger partial charge in [-0.1, -0.05) is 11.6 Å². The van der Waals surface area contributed by atoms with Crippen molar-refractivity contribution in [2.45, 2.75) is 12.3 Å². The van der Waals surface area contributed by atoms with E-state index in [0.29, 0.717) is 5.76 Å². The summed E-state index contributed by atoms with van der Waals surface area (Å²) >= 11 is 5.65. The van der Waals surface area contributed by atoms with E-state index in [1.54, 1.807) is 12.1 Å². The highest BCUT2D eigenvalue weighted by Crippen LogP contribution is 2.33. The predicted molar refractivity (Wildman–Crippen MR) is 68.6 cm³/mol. The van der Waals surface area contributed by atoms with Gasteiger partial charge in [0.05, 0.1) is 11.8 Å². The van der Waals surface area contributed by atoms with E-state index in [9.17, 15) is 18.3 Å². The first-order valence-electron chi connectivity index (χ1n) is 5.69. The number of halogens is 4. The van der Waals surface area contributed by atoms with E-state index in [4.69, 9.17) is 16.0 Å². The largest absolute Gasteiger partial charge is 0.467 e. The van der Waals surface area contributed by atoms with E-state index in [2.05, 4.69) is 5.32 Å². The molecule has 1 atom stereocenters. The zero-order chi connectivity index (χ0) is 14.8. The number of furan rings is 1. The van der Waals surface area contributed by atoms with Gasteiger partial charge in [0.25, 0.3) is 0 Å². The average Bonchev–Trinajstić information content (AvgIpc) is 2.88. The summed E-state index contributed by atoms with van der Waals surface area (Å²) in [6.45, 7) is 0.00511. The average molecular weight is 306 g/mol. The Morgan fingerprint density at radius 1 is 1.30 bits per heavy atom. The molecule has 0 saturated heterocycles. The molecule has 0 aliphatic carbocycles. The molecule has 20 heavy (non-hydrogen) atoms. The molecule has 0 amide bonds. The number of nitrogens with one attached hydrogen (secondary N) is 1. The van der Waals surface area contributed by atoms with Crippen LogP contribution in [0.1, 0.15) is 17.4 Å². The molecule has 1 heterocycles. The highest BCUT2D eigenvalue weighted by molar-refractivity contribution is 6.30. The van der Waals surface area contributed by atoms with Crippen molar-refractivity contribution in [2.75, 3.05) is 11.9 Å². The minimum Gasteiger partial charge on any atom is -0.467 e. The van der Waals surface area contributed by atoms with Gasteiger partial charge in [-0.25, -0.2) is 0 Å². The maximum Gasteiger partial charge on any atom is 0.416 e. The van der Waals surface area contributed by atoms with E-state index >= 15 is 0 Å². The number of benzene rings is 1. The molecular weight excluding hydrogens is 295 g/mol. The summed E-state index contributed by atoms with van der Waals surface area (Å²) in [4.78, 5) is 0.